The maximum atomic E-state index is 14.2. The first kappa shape index (κ1) is 20.8. The quantitative estimate of drug-likeness (QED) is 0.769. The third-order valence-corrected chi connectivity index (χ3v) is 4.46. The fraction of sp³-hybridized carbons (Fsp3) is 0.450. The van der Waals surface area contributed by atoms with Crippen molar-refractivity contribution in [2.24, 2.45) is 7.05 Å². The van der Waals surface area contributed by atoms with Crippen LogP contribution in [0.3, 0.4) is 0 Å². The molecule has 0 radical (unpaired) electrons. The van der Waals surface area contributed by atoms with Gasteiger partial charge in [0.2, 0.25) is 0 Å². The van der Waals surface area contributed by atoms with E-state index in [-0.39, 0.29) is 22.7 Å². The van der Waals surface area contributed by atoms with E-state index in [1.165, 1.54) is 16.9 Å². The van der Waals surface area contributed by atoms with E-state index in [0.29, 0.717) is 26.2 Å². The second kappa shape index (κ2) is 7.81. The summed E-state index contributed by atoms with van der Waals surface area (Å²) in [5.74, 6) is -1.80. The first-order valence-corrected chi connectivity index (χ1v) is 9.31. The minimum atomic E-state index is -0.785. The number of halogens is 2. The van der Waals surface area contributed by atoms with Gasteiger partial charge in [0.1, 0.15) is 22.9 Å². The third kappa shape index (κ3) is 4.72. The zero-order chi connectivity index (χ0) is 21.3. The van der Waals surface area contributed by atoms with Gasteiger partial charge in [-0.2, -0.15) is 5.10 Å². The number of aromatic nitrogens is 2. The van der Waals surface area contributed by atoms with Gasteiger partial charge in [0, 0.05) is 51.1 Å². The van der Waals surface area contributed by atoms with Gasteiger partial charge in [0.15, 0.2) is 0 Å². The molecule has 1 fully saturated rings. The van der Waals surface area contributed by atoms with Crippen molar-refractivity contribution in [1.82, 2.24) is 19.6 Å². The summed E-state index contributed by atoms with van der Waals surface area (Å²) in [6.45, 7) is 6.69. The van der Waals surface area contributed by atoms with Crippen LogP contribution in [0.15, 0.2) is 24.4 Å². The molecule has 1 saturated heterocycles. The zero-order valence-electron chi connectivity index (χ0n) is 16.9. The molecule has 1 aliphatic heterocycles. The molecule has 0 unspecified atom stereocenters. The lowest BCUT2D eigenvalue weighted by Crippen LogP contribution is -2.51. The lowest BCUT2D eigenvalue weighted by Gasteiger charge is -2.35. The highest BCUT2D eigenvalue weighted by atomic mass is 19.1. The lowest BCUT2D eigenvalue weighted by molar-refractivity contribution is 0.0141. The Hall–Kier alpha value is -2.97. The van der Waals surface area contributed by atoms with E-state index < -0.39 is 23.3 Å². The van der Waals surface area contributed by atoms with Gasteiger partial charge in [-0.1, -0.05) is 0 Å². The molecular weight excluding hydrogens is 382 g/mol. The molecule has 2 heterocycles. The molecule has 2 amide bonds. The van der Waals surface area contributed by atoms with E-state index in [1.54, 1.807) is 37.6 Å². The number of benzene rings is 1. The van der Waals surface area contributed by atoms with Crippen LogP contribution in [0.25, 0.3) is 11.3 Å². The summed E-state index contributed by atoms with van der Waals surface area (Å²) in [6, 6.07) is 3.16. The van der Waals surface area contributed by atoms with Crippen molar-refractivity contribution in [3.05, 3.63) is 41.6 Å². The number of hydrogen-bond acceptors (Lipinski definition) is 4. The minimum absolute atomic E-state index is 0.0581. The van der Waals surface area contributed by atoms with E-state index in [1.807, 2.05) is 0 Å². The van der Waals surface area contributed by atoms with E-state index >= 15 is 0 Å². The fourth-order valence-electron chi connectivity index (χ4n) is 3.11. The zero-order valence-corrected chi connectivity index (χ0v) is 16.9. The number of carbonyl (C=O) groups excluding carboxylic acids is 2. The molecule has 0 N–H and O–H groups in total. The molecule has 0 atom stereocenters. The number of carbonyl (C=O) groups is 2. The Morgan fingerprint density at radius 1 is 1.07 bits per heavy atom. The van der Waals surface area contributed by atoms with Crippen LogP contribution in [0, 0.1) is 11.6 Å². The molecule has 0 aliphatic carbocycles. The van der Waals surface area contributed by atoms with Gasteiger partial charge >= 0.3 is 6.09 Å². The topological polar surface area (TPSA) is 67.7 Å². The third-order valence-electron chi connectivity index (χ3n) is 4.46. The van der Waals surface area contributed by atoms with Crippen molar-refractivity contribution < 1.29 is 23.1 Å². The predicted molar refractivity (Wildman–Crippen MR) is 102 cm³/mol. The maximum absolute atomic E-state index is 14.2. The average Bonchev–Trinajstić information content (AvgIpc) is 3.01. The van der Waals surface area contributed by atoms with Crippen LogP contribution in [0.5, 0.6) is 0 Å². The smallest absolute Gasteiger partial charge is 0.410 e. The Morgan fingerprint density at radius 3 is 2.28 bits per heavy atom. The van der Waals surface area contributed by atoms with Crippen LogP contribution >= 0.6 is 0 Å². The molecule has 0 spiro atoms. The van der Waals surface area contributed by atoms with Crippen LogP contribution in [-0.4, -0.2) is 63.4 Å². The van der Waals surface area contributed by atoms with E-state index in [4.69, 9.17) is 4.74 Å². The molecule has 1 aromatic carbocycles. The predicted octanol–water partition coefficient (Wildman–Crippen LogP) is 3.06. The van der Waals surface area contributed by atoms with Crippen molar-refractivity contribution in [3.63, 3.8) is 0 Å². The minimum Gasteiger partial charge on any atom is -0.444 e. The first-order chi connectivity index (χ1) is 13.5. The molecule has 0 bridgehead atoms. The molecule has 7 nitrogen and oxygen atoms in total. The number of rotatable bonds is 2. The van der Waals surface area contributed by atoms with Crippen LogP contribution in [-0.2, 0) is 11.8 Å². The summed E-state index contributed by atoms with van der Waals surface area (Å²) in [5, 5.41) is 4.19. The summed E-state index contributed by atoms with van der Waals surface area (Å²) in [7, 11) is 1.63. The standard InChI is InChI=1S/C20H24F2N4O3/c1-20(2,3)29-19(28)26-9-7-25(8-10-26)18(27)15-12-24(4)23-17(15)14-6-5-13(21)11-16(14)22/h5-6,11-12H,7-10H2,1-4H3. The molecule has 0 saturated carbocycles. The van der Waals surface area contributed by atoms with Gasteiger partial charge in [-0.25, -0.2) is 13.6 Å². The highest BCUT2D eigenvalue weighted by Gasteiger charge is 2.30. The number of nitrogens with zero attached hydrogens (tertiary/aromatic N) is 4. The normalized spacial score (nSPS) is 14.8. The molecule has 29 heavy (non-hydrogen) atoms. The molecule has 9 heteroatoms. The molecular formula is C20H24F2N4O3. The number of hydrogen-bond donors (Lipinski definition) is 0. The fourth-order valence-corrected chi connectivity index (χ4v) is 3.11. The van der Waals surface area contributed by atoms with Crippen molar-refractivity contribution in [2.45, 2.75) is 26.4 Å². The number of aryl methyl sites for hydroxylation is 1. The van der Waals surface area contributed by atoms with Gasteiger partial charge in [-0.15, -0.1) is 0 Å². The lowest BCUT2D eigenvalue weighted by atomic mass is 10.1. The maximum Gasteiger partial charge on any atom is 0.410 e. The Balaban J connectivity index is 1.75. The number of amides is 2. The highest BCUT2D eigenvalue weighted by molar-refractivity contribution is 6.00. The van der Waals surface area contributed by atoms with Crippen molar-refractivity contribution in [1.29, 1.82) is 0 Å². The largest absolute Gasteiger partial charge is 0.444 e. The van der Waals surface area contributed by atoms with Gasteiger partial charge in [0.05, 0.1) is 5.56 Å². The monoisotopic (exact) mass is 406 g/mol. The summed E-state index contributed by atoms with van der Waals surface area (Å²) in [5.41, 5.74) is -0.149. The van der Waals surface area contributed by atoms with Crippen molar-refractivity contribution >= 4 is 12.0 Å². The second-order valence-corrected chi connectivity index (χ2v) is 7.95. The highest BCUT2D eigenvalue weighted by Crippen LogP contribution is 2.27. The Labute approximate surface area is 167 Å². The number of ether oxygens (including phenoxy) is 1. The molecule has 1 aliphatic rings. The summed E-state index contributed by atoms with van der Waals surface area (Å²) in [4.78, 5) is 28.4. The summed E-state index contributed by atoms with van der Waals surface area (Å²) in [6.07, 6.45) is 1.10. The number of piperazine rings is 1. The van der Waals surface area contributed by atoms with Crippen LogP contribution in [0.1, 0.15) is 31.1 Å². The van der Waals surface area contributed by atoms with Gasteiger partial charge in [-0.3, -0.25) is 9.48 Å². The van der Waals surface area contributed by atoms with Crippen molar-refractivity contribution in [2.75, 3.05) is 26.2 Å². The van der Waals surface area contributed by atoms with Gasteiger partial charge in [-0.05, 0) is 32.9 Å². The average molecular weight is 406 g/mol. The Bertz CT molecular complexity index is 928. The summed E-state index contributed by atoms with van der Waals surface area (Å²) >= 11 is 0. The van der Waals surface area contributed by atoms with Gasteiger partial charge in [0.25, 0.3) is 5.91 Å². The molecule has 3 rings (SSSR count). The van der Waals surface area contributed by atoms with Crippen LogP contribution in [0.4, 0.5) is 13.6 Å². The molecule has 156 valence electrons. The summed E-state index contributed by atoms with van der Waals surface area (Å²) < 4.78 is 34.3. The van der Waals surface area contributed by atoms with E-state index in [0.717, 1.165) is 12.1 Å². The molecule has 2 aromatic rings. The van der Waals surface area contributed by atoms with E-state index in [9.17, 15) is 18.4 Å². The first-order valence-electron chi connectivity index (χ1n) is 9.31. The second-order valence-electron chi connectivity index (χ2n) is 7.95. The molecule has 1 aromatic heterocycles. The SMILES string of the molecule is Cn1cc(C(=O)N2CCN(C(=O)OC(C)(C)C)CC2)c(-c2ccc(F)cc2F)n1. The van der Waals surface area contributed by atoms with Gasteiger partial charge < -0.3 is 14.5 Å². The van der Waals surface area contributed by atoms with Crippen molar-refractivity contribution in [3.8, 4) is 11.3 Å². The Morgan fingerprint density at radius 2 is 1.69 bits per heavy atom. The Kier molecular flexibility index (Phi) is 5.59. The van der Waals surface area contributed by atoms with Crippen LogP contribution in [0.2, 0.25) is 0 Å². The van der Waals surface area contributed by atoms with Crippen LogP contribution < -0.4 is 0 Å². The van der Waals surface area contributed by atoms with E-state index in [2.05, 4.69) is 5.10 Å².